The minimum absolute atomic E-state index is 0.0758. The van der Waals surface area contributed by atoms with Crippen LogP contribution in [0.2, 0.25) is 0 Å². The molecular weight excluding hydrogens is 335 g/mol. The molecule has 0 aromatic carbocycles. The zero-order chi connectivity index (χ0) is 17.8. The van der Waals surface area contributed by atoms with Crippen LogP contribution in [0.15, 0.2) is 6.20 Å². The van der Waals surface area contributed by atoms with Crippen molar-refractivity contribution in [2.75, 3.05) is 6.61 Å². The van der Waals surface area contributed by atoms with E-state index in [9.17, 15) is 36.9 Å². The van der Waals surface area contributed by atoms with Crippen molar-refractivity contribution < 1.29 is 41.1 Å². The van der Waals surface area contributed by atoms with E-state index in [0.29, 0.717) is 6.20 Å². The normalized spacial score (nSPS) is 11.4. The van der Waals surface area contributed by atoms with Crippen LogP contribution in [0.5, 0.6) is 5.88 Å². The molecule has 0 aliphatic carbocycles. The SMILES string of the molecule is CCOC(=O)Cc1cnc(OC(F)(F)F)c([N+](=O)[O-])c1C(F)F. The van der Waals surface area contributed by atoms with Gasteiger partial charge in [-0.1, -0.05) is 0 Å². The number of carbonyl (C=O) groups excluding carboxylic acids is 1. The molecule has 0 N–H and O–H groups in total. The van der Waals surface area contributed by atoms with Gasteiger partial charge in [-0.3, -0.25) is 14.9 Å². The van der Waals surface area contributed by atoms with E-state index in [1.807, 2.05) is 0 Å². The van der Waals surface area contributed by atoms with Crippen molar-refractivity contribution >= 4 is 11.7 Å². The van der Waals surface area contributed by atoms with Gasteiger partial charge in [0, 0.05) is 6.20 Å². The highest BCUT2D eigenvalue weighted by Gasteiger charge is 2.39. The summed E-state index contributed by atoms with van der Waals surface area (Å²) < 4.78 is 70.5. The molecule has 23 heavy (non-hydrogen) atoms. The van der Waals surface area contributed by atoms with Gasteiger partial charge >= 0.3 is 23.9 Å². The van der Waals surface area contributed by atoms with Crippen molar-refractivity contribution in [3.63, 3.8) is 0 Å². The fourth-order valence-electron chi connectivity index (χ4n) is 1.65. The Labute approximate surface area is 125 Å². The van der Waals surface area contributed by atoms with Crippen LogP contribution in [0.4, 0.5) is 27.6 Å². The van der Waals surface area contributed by atoms with E-state index in [-0.39, 0.29) is 6.61 Å². The summed E-state index contributed by atoms with van der Waals surface area (Å²) in [5.74, 6) is -2.62. The second-order valence-corrected chi connectivity index (χ2v) is 3.94. The van der Waals surface area contributed by atoms with Crippen LogP contribution in [-0.2, 0) is 16.0 Å². The third kappa shape index (κ3) is 5.00. The van der Waals surface area contributed by atoms with Crippen LogP contribution in [0.3, 0.4) is 0 Å². The van der Waals surface area contributed by atoms with E-state index in [4.69, 9.17) is 0 Å². The smallest absolute Gasteiger partial charge is 0.466 e. The summed E-state index contributed by atoms with van der Waals surface area (Å²) >= 11 is 0. The number of carbonyl (C=O) groups is 1. The molecule has 0 aliphatic rings. The van der Waals surface area contributed by atoms with Crippen LogP contribution in [-0.4, -0.2) is 28.8 Å². The zero-order valence-corrected chi connectivity index (χ0v) is 11.4. The number of esters is 1. The summed E-state index contributed by atoms with van der Waals surface area (Å²) in [6, 6.07) is 0. The predicted molar refractivity (Wildman–Crippen MR) is 62.9 cm³/mol. The van der Waals surface area contributed by atoms with Crippen LogP contribution in [0, 0.1) is 10.1 Å². The quantitative estimate of drug-likeness (QED) is 0.341. The number of halogens is 5. The summed E-state index contributed by atoms with van der Waals surface area (Å²) in [5.41, 5.74) is -3.66. The minimum atomic E-state index is -5.36. The van der Waals surface area contributed by atoms with E-state index < -0.39 is 52.8 Å². The molecule has 1 aromatic rings. The molecule has 0 bridgehead atoms. The van der Waals surface area contributed by atoms with E-state index >= 15 is 0 Å². The summed E-state index contributed by atoms with van der Waals surface area (Å²) in [6.07, 6.45) is -9.22. The number of alkyl halides is 5. The zero-order valence-electron chi connectivity index (χ0n) is 11.4. The van der Waals surface area contributed by atoms with E-state index in [2.05, 4.69) is 14.5 Å². The van der Waals surface area contributed by atoms with Crippen molar-refractivity contribution in [2.24, 2.45) is 0 Å². The Morgan fingerprint density at radius 2 is 2.04 bits per heavy atom. The summed E-state index contributed by atoms with van der Waals surface area (Å²) in [7, 11) is 0. The van der Waals surface area contributed by atoms with Gasteiger partial charge in [0.15, 0.2) is 0 Å². The highest BCUT2D eigenvalue weighted by atomic mass is 19.4. The van der Waals surface area contributed by atoms with Gasteiger partial charge in [-0.15, -0.1) is 13.2 Å². The number of nitro groups is 1. The monoisotopic (exact) mass is 344 g/mol. The molecule has 0 aliphatic heterocycles. The number of hydrogen-bond acceptors (Lipinski definition) is 6. The highest BCUT2D eigenvalue weighted by Crippen LogP contribution is 2.39. The van der Waals surface area contributed by atoms with Gasteiger partial charge in [-0.2, -0.15) is 0 Å². The molecule has 128 valence electrons. The molecule has 1 rings (SSSR count). The third-order valence-corrected chi connectivity index (χ3v) is 2.39. The molecule has 0 saturated carbocycles. The Kier molecular flexibility index (Phi) is 5.76. The van der Waals surface area contributed by atoms with Crippen LogP contribution in [0.25, 0.3) is 0 Å². The molecule has 0 spiro atoms. The first-order valence-electron chi connectivity index (χ1n) is 5.92. The molecule has 1 heterocycles. The fraction of sp³-hybridized carbons (Fsp3) is 0.455. The molecule has 12 heteroatoms. The van der Waals surface area contributed by atoms with E-state index in [0.717, 1.165) is 0 Å². The first-order chi connectivity index (χ1) is 10.6. The largest absolute Gasteiger partial charge is 0.574 e. The number of aromatic nitrogens is 1. The number of pyridine rings is 1. The highest BCUT2D eigenvalue weighted by molar-refractivity contribution is 5.74. The Morgan fingerprint density at radius 1 is 1.43 bits per heavy atom. The van der Waals surface area contributed by atoms with E-state index in [1.54, 1.807) is 0 Å². The Balaban J connectivity index is 3.42. The third-order valence-electron chi connectivity index (χ3n) is 2.39. The number of nitrogens with zero attached hydrogens (tertiary/aromatic N) is 2. The summed E-state index contributed by atoms with van der Waals surface area (Å²) in [4.78, 5) is 23.7. The van der Waals surface area contributed by atoms with Gasteiger partial charge in [0.25, 0.3) is 6.43 Å². The van der Waals surface area contributed by atoms with Crippen molar-refractivity contribution in [3.05, 3.63) is 27.4 Å². The molecule has 0 unspecified atom stereocenters. The van der Waals surface area contributed by atoms with Crippen molar-refractivity contribution in [3.8, 4) is 5.88 Å². The molecular formula is C11H9F5N2O5. The number of rotatable bonds is 6. The maximum absolute atomic E-state index is 13.1. The van der Waals surface area contributed by atoms with Crippen LogP contribution < -0.4 is 4.74 Å². The predicted octanol–water partition coefficient (Wildman–Crippen LogP) is 2.93. The van der Waals surface area contributed by atoms with Crippen molar-refractivity contribution in [1.82, 2.24) is 4.98 Å². The van der Waals surface area contributed by atoms with Gasteiger partial charge in [0.05, 0.1) is 18.0 Å². The average molecular weight is 344 g/mol. The van der Waals surface area contributed by atoms with Gasteiger partial charge in [0.2, 0.25) is 0 Å². The van der Waals surface area contributed by atoms with Gasteiger partial charge in [-0.05, 0) is 12.5 Å². The molecule has 0 atom stereocenters. The first-order valence-corrected chi connectivity index (χ1v) is 5.92. The van der Waals surface area contributed by atoms with Crippen LogP contribution >= 0.6 is 0 Å². The first kappa shape index (κ1) is 18.5. The van der Waals surface area contributed by atoms with Crippen LogP contribution in [0.1, 0.15) is 24.5 Å². The minimum Gasteiger partial charge on any atom is -0.466 e. The lowest BCUT2D eigenvalue weighted by molar-refractivity contribution is -0.390. The fourth-order valence-corrected chi connectivity index (χ4v) is 1.65. The topological polar surface area (TPSA) is 91.6 Å². The van der Waals surface area contributed by atoms with Gasteiger partial charge in [0.1, 0.15) is 5.56 Å². The Hall–Kier alpha value is -2.53. The lowest BCUT2D eigenvalue weighted by Crippen LogP contribution is -2.20. The van der Waals surface area contributed by atoms with Crippen molar-refractivity contribution in [1.29, 1.82) is 0 Å². The molecule has 0 amide bonds. The Morgan fingerprint density at radius 3 is 2.48 bits per heavy atom. The summed E-state index contributed by atoms with van der Waals surface area (Å²) in [6.45, 7) is 1.36. The van der Waals surface area contributed by atoms with E-state index in [1.165, 1.54) is 6.92 Å². The standard InChI is InChI=1S/C11H9F5N2O5/c1-2-22-6(19)3-5-4-17-10(23-11(14,15)16)8(18(20)21)7(5)9(12)13/h4,9H,2-3H2,1H3. The molecule has 0 saturated heterocycles. The van der Waals surface area contributed by atoms with Gasteiger partial charge in [-0.25, -0.2) is 13.8 Å². The number of ether oxygens (including phenoxy) is 2. The summed E-state index contributed by atoms with van der Waals surface area (Å²) in [5, 5.41) is 10.9. The second kappa shape index (κ2) is 7.15. The second-order valence-electron chi connectivity index (χ2n) is 3.94. The maximum atomic E-state index is 13.1. The van der Waals surface area contributed by atoms with Gasteiger partial charge < -0.3 is 9.47 Å². The lowest BCUT2D eigenvalue weighted by atomic mass is 10.1. The molecule has 1 aromatic heterocycles. The molecule has 0 radical (unpaired) electrons. The number of hydrogen-bond donors (Lipinski definition) is 0. The van der Waals surface area contributed by atoms with Crippen molar-refractivity contribution in [2.45, 2.75) is 26.1 Å². The molecule has 0 fully saturated rings. The maximum Gasteiger partial charge on any atom is 0.574 e. The molecule has 7 nitrogen and oxygen atoms in total. The Bertz CT molecular complexity index is 605. The average Bonchev–Trinajstić information content (AvgIpc) is 2.37. The lowest BCUT2D eigenvalue weighted by Gasteiger charge is -2.13.